The van der Waals surface area contributed by atoms with E-state index in [2.05, 4.69) is 51.7 Å². The normalized spacial score (nSPS) is 16.0. The summed E-state index contributed by atoms with van der Waals surface area (Å²) in [6.07, 6.45) is 7.69. The van der Waals surface area contributed by atoms with Gasteiger partial charge in [0.15, 0.2) is 5.84 Å². The van der Waals surface area contributed by atoms with Gasteiger partial charge in [0.05, 0.1) is 11.6 Å². The summed E-state index contributed by atoms with van der Waals surface area (Å²) < 4.78 is 3.59. The van der Waals surface area contributed by atoms with Crippen molar-refractivity contribution in [1.29, 1.82) is 0 Å². The van der Waals surface area contributed by atoms with Gasteiger partial charge in [-0.15, -0.1) is 0 Å². The molecule has 0 radical (unpaired) electrons. The van der Waals surface area contributed by atoms with E-state index >= 15 is 0 Å². The number of benzene rings is 1. The van der Waals surface area contributed by atoms with Crippen molar-refractivity contribution >= 4 is 22.3 Å². The number of rotatable bonds is 1. The number of dihydropyridines is 1. The minimum Gasteiger partial charge on any atom is -0.374 e. The Morgan fingerprint density at radius 3 is 2.79 bits per heavy atom. The molecule has 5 rings (SSSR count). The second-order valence-electron chi connectivity index (χ2n) is 7.57. The lowest BCUT2D eigenvalue weighted by atomic mass is 10.1. The van der Waals surface area contributed by atoms with Crippen LogP contribution in [0.4, 0.5) is 5.69 Å². The van der Waals surface area contributed by atoms with Crippen LogP contribution in [0.2, 0.25) is 0 Å². The highest BCUT2D eigenvalue weighted by Gasteiger charge is 2.21. The van der Waals surface area contributed by atoms with Gasteiger partial charge >= 0.3 is 0 Å². The Bertz CT molecular complexity index is 1230. The van der Waals surface area contributed by atoms with Crippen molar-refractivity contribution < 1.29 is 0 Å². The molecule has 1 aromatic carbocycles. The van der Waals surface area contributed by atoms with Crippen LogP contribution in [-0.4, -0.2) is 40.3 Å². The molecule has 6 nitrogen and oxygen atoms in total. The van der Waals surface area contributed by atoms with Gasteiger partial charge in [0, 0.05) is 48.3 Å². The summed E-state index contributed by atoms with van der Waals surface area (Å²) in [5.41, 5.74) is 5.59. The lowest BCUT2D eigenvalue weighted by Crippen LogP contribution is -2.29. The van der Waals surface area contributed by atoms with E-state index in [4.69, 9.17) is 0 Å². The van der Waals surface area contributed by atoms with Crippen molar-refractivity contribution in [3.05, 3.63) is 63.9 Å². The first-order chi connectivity index (χ1) is 13.6. The van der Waals surface area contributed by atoms with Crippen molar-refractivity contribution in [2.75, 3.05) is 25.0 Å². The molecule has 0 N–H and O–H groups in total. The van der Waals surface area contributed by atoms with Gasteiger partial charge in [-0.3, -0.25) is 9.79 Å². The number of aliphatic imine (C=N–C) groups is 1. The first-order valence-corrected chi connectivity index (χ1v) is 9.72. The van der Waals surface area contributed by atoms with E-state index in [1.807, 2.05) is 19.1 Å². The number of hydrogen-bond donors (Lipinski definition) is 0. The molecule has 0 saturated heterocycles. The first kappa shape index (κ1) is 17.0. The number of anilines is 1. The van der Waals surface area contributed by atoms with Crippen molar-refractivity contribution in [2.24, 2.45) is 4.99 Å². The Labute approximate surface area is 163 Å². The predicted octanol–water partition coefficient (Wildman–Crippen LogP) is 3.00. The van der Waals surface area contributed by atoms with Gasteiger partial charge in [-0.25, -0.2) is 0 Å². The van der Waals surface area contributed by atoms with Crippen molar-refractivity contribution in [1.82, 2.24) is 14.3 Å². The van der Waals surface area contributed by atoms with Crippen molar-refractivity contribution in [3.8, 4) is 5.69 Å². The zero-order valence-electron chi connectivity index (χ0n) is 16.4. The van der Waals surface area contributed by atoms with Crippen molar-refractivity contribution in [2.45, 2.75) is 26.7 Å². The smallest absolute Gasteiger partial charge is 0.282 e. The molecular weight excluding hydrogens is 350 g/mol. The zero-order valence-corrected chi connectivity index (χ0v) is 16.4. The minimum atomic E-state index is -0.111. The van der Waals surface area contributed by atoms with Gasteiger partial charge in [0.25, 0.3) is 5.56 Å². The molecule has 4 heterocycles. The summed E-state index contributed by atoms with van der Waals surface area (Å²) in [6.45, 7) is 5.81. The molecule has 0 spiro atoms. The van der Waals surface area contributed by atoms with E-state index in [1.165, 1.54) is 15.9 Å². The van der Waals surface area contributed by atoms with E-state index in [-0.39, 0.29) is 5.56 Å². The standard InChI is InChI=1S/C22H23N5O/c1-14-18-13-24-27(20-6-4-5-10-23-20)22(28)21(18)15(2)26(14)17-8-7-16-9-11-25(3)19(16)12-17/h4,6-8,12-13H,5,9-11H2,1-3H3. The lowest BCUT2D eigenvalue weighted by Gasteiger charge is -2.15. The van der Waals surface area contributed by atoms with Gasteiger partial charge in [-0.05, 0) is 50.5 Å². The van der Waals surface area contributed by atoms with Crippen LogP contribution in [0.3, 0.4) is 0 Å². The van der Waals surface area contributed by atoms with Crippen molar-refractivity contribution in [3.63, 3.8) is 0 Å². The van der Waals surface area contributed by atoms with Crippen LogP contribution in [-0.2, 0) is 6.42 Å². The van der Waals surface area contributed by atoms with E-state index < -0.39 is 0 Å². The first-order valence-electron chi connectivity index (χ1n) is 9.72. The molecule has 142 valence electrons. The number of likely N-dealkylation sites (N-methyl/N-ethyl adjacent to an activating group) is 1. The fourth-order valence-electron chi connectivity index (χ4n) is 4.41. The van der Waals surface area contributed by atoms with Crippen LogP contribution in [0, 0.1) is 13.8 Å². The lowest BCUT2D eigenvalue weighted by molar-refractivity contribution is 0.847. The number of fused-ring (bicyclic) bond motifs is 2. The molecule has 0 unspecified atom stereocenters. The molecule has 28 heavy (non-hydrogen) atoms. The topological polar surface area (TPSA) is 55.4 Å². The molecule has 0 atom stereocenters. The van der Waals surface area contributed by atoms with E-state index in [0.717, 1.165) is 41.8 Å². The molecule has 2 aliphatic heterocycles. The largest absolute Gasteiger partial charge is 0.374 e. The Kier molecular flexibility index (Phi) is 3.75. The van der Waals surface area contributed by atoms with Gasteiger partial charge in [0.2, 0.25) is 0 Å². The van der Waals surface area contributed by atoms with Crippen LogP contribution >= 0.6 is 0 Å². The van der Waals surface area contributed by atoms with E-state index in [0.29, 0.717) is 17.8 Å². The third-order valence-corrected chi connectivity index (χ3v) is 5.91. The highest BCUT2D eigenvalue weighted by molar-refractivity contribution is 5.97. The summed E-state index contributed by atoms with van der Waals surface area (Å²) in [5.74, 6) is 0.613. The quantitative estimate of drug-likeness (QED) is 0.659. The van der Waals surface area contributed by atoms with Crippen LogP contribution in [0.15, 0.2) is 46.3 Å². The Balaban J connectivity index is 1.73. The Morgan fingerprint density at radius 1 is 1.14 bits per heavy atom. The monoisotopic (exact) mass is 373 g/mol. The maximum Gasteiger partial charge on any atom is 0.282 e. The highest BCUT2D eigenvalue weighted by atomic mass is 16.1. The van der Waals surface area contributed by atoms with Crippen LogP contribution < -0.4 is 10.5 Å². The molecule has 6 heteroatoms. The van der Waals surface area contributed by atoms with E-state index in [9.17, 15) is 4.79 Å². The molecule has 0 aliphatic carbocycles. The third-order valence-electron chi connectivity index (χ3n) is 5.91. The fraction of sp³-hybridized carbons (Fsp3) is 0.318. The SMILES string of the molecule is Cc1c2cnn(C3=NCCC=C3)c(=O)c2c(C)n1-c1ccc2c(c1)N(C)CC2. The predicted molar refractivity (Wildman–Crippen MR) is 113 cm³/mol. The number of aryl methyl sites for hydroxylation is 2. The molecule has 3 aromatic rings. The summed E-state index contributed by atoms with van der Waals surface area (Å²) >= 11 is 0. The molecule has 0 saturated carbocycles. The summed E-state index contributed by atoms with van der Waals surface area (Å²) in [5, 5.41) is 6.02. The maximum absolute atomic E-state index is 13.2. The van der Waals surface area contributed by atoms with Gasteiger partial charge in [-0.2, -0.15) is 9.78 Å². The van der Waals surface area contributed by atoms with Gasteiger partial charge in [-0.1, -0.05) is 12.1 Å². The van der Waals surface area contributed by atoms with Crippen LogP contribution in [0.1, 0.15) is 23.4 Å². The molecule has 0 bridgehead atoms. The average Bonchev–Trinajstić information content (AvgIpc) is 3.20. The Morgan fingerprint density at radius 2 is 2.00 bits per heavy atom. The molecule has 0 amide bonds. The zero-order chi connectivity index (χ0) is 19.4. The van der Waals surface area contributed by atoms with Gasteiger partial charge in [0.1, 0.15) is 0 Å². The molecule has 0 fully saturated rings. The minimum absolute atomic E-state index is 0.111. The second-order valence-corrected chi connectivity index (χ2v) is 7.57. The summed E-state index contributed by atoms with van der Waals surface area (Å²) in [4.78, 5) is 20.0. The van der Waals surface area contributed by atoms with Gasteiger partial charge < -0.3 is 9.47 Å². The summed E-state index contributed by atoms with van der Waals surface area (Å²) in [6, 6.07) is 6.58. The summed E-state index contributed by atoms with van der Waals surface area (Å²) in [7, 11) is 2.13. The maximum atomic E-state index is 13.2. The fourth-order valence-corrected chi connectivity index (χ4v) is 4.41. The average molecular weight is 373 g/mol. The number of hydrogen-bond acceptors (Lipinski definition) is 4. The van der Waals surface area contributed by atoms with Crippen LogP contribution in [0.5, 0.6) is 0 Å². The number of allylic oxidation sites excluding steroid dienone is 1. The molecular formula is C22H23N5O. The number of nitrogens with zero attached hydrogens (tertiary/aromatic N) is 5. The number of aromatic nitrogens is 3. The van der Waals surface area contributed by atoms with Crippen LogP contribution in [0.25, 0.3) is 16.5 Å². The van der Waals surface area contributed by atoms with E-state index in [1.54, 1.807) is 6.20 Å². The Hall–Kier alpha value is -3.15. The highest BCUT2D eigenvalue weighted by Crippen LogP contribution is 2.32. The molecule has 2 aliphatic rings. The second kappa shape index (κ2) is 6.19. The molecule has 2 aromatic heterocycles. The third kappa shape index (κ3) is 2.37.